The molecule has 12 nitrogen and oxygen atoms in total. The lowest BCUT2D eigenvalue weighted by Gasteiger charge is -2.12. The smallest absolute Gasteiger partial charge is 0.270 e. The zero-order valence-electron chi connectivity index (χ0n) is 19.2. The van der Waals surface area contributed by atoms with Gasteiger partial charge < -0.3 is 15.2 Å². The fourth-order valence-corrected chi connectivity index (χ4v) is 4.83. The normalized spacial score (nSPS) is 13.7. The van der Waals surface area contributed by atoms with Crippen molar-refractivity contribution >= 4 is 29.2 Å². The van der Waals surface area contributed by atoms with Crippen LogP contribution >= 0.6 is 11.8 Å². The van der Waals surface area contributed by atoms with Crippen molar-refractivity contribution < 1.29 is 24.0 Å². The average Bonchev–Trinajstić information content (AvgIpc) is 3.56. The van der Waals surface area contributed by atoms with Gasteiger partial charge in [-0.05, 0) is 58.6 Å². The highest BCUT2D eigenvalue weighted by Crippen LogP contribution is 2.35. The Balaban J connectivity index is 1.55. The number of tetrazole rings is 1. The Labute approximate surface area is 209 Å². The molecule has 1 aliphatic carbocycles. The van der Waals surface area contributed by atoms with Gasteiger partial charge in [0.1, 0.15) is 0 Å². The van der Waals surface area contributed by atoms with Crippen molar-refractivity contribution in [1.29, 1.82) is 0 Å². The van der Waals surface area contributed by atoms with Gasteiger partial charge in [-0.2, -0.15) is 0 Å². The number of pyridine rings is 1. The minimum atomic E-state index is -0.758. The van der Waals surface area contributed by atoms with E-state index in [1.54, 1.807) is 6.20 Å². The van der Waals surface area contributed by atoms with E-state index in [0.717, 1.165) is 49.1 Å². The Morgan fingerprint density at radius 1 is 1.31 bits per heavy atom. The quantitative estimate of drug-likeness (QED) is 0.220. The number of nitrogens with one attached hydrogen (secondary N) is 1. The van der Waals surface area contributed by atoms with Crippen LogP contribution in [0.3, 0.4) is 0 Å². The second-order valence-electron chi connectivity index (χ2n) is 8.09. The zero-order chi connectivity index (χ0) is 25.5. The van der Waals surface area contributed by atoms with Crippen LogP contribution in [0.2, 0.25) is 0 Å². The summed E-state index contributed by atoms with van der Waals surface area (Å²) in [5, 5.41) is 34.3. The zero-order valence-corrected chi connectivity index (χ0v) is 20.0. The Morgan fingerprint density at radius 2 is 2.11 bits per heavy atom. The third-order valence-electron chi connectivity index (χ3n) is 5.72. The predicted octanol–water partition coefficient (Wildman–Crippen LogP) is 3.19. The van der Waals surface area contributed by atoms with Gasteiger partial charge in [0.2, 0.25) is 5.16 Å². The molecule has 0 aliphatic heterocycles. The molecular formula is C22H24FN7O5S. The molecule has 1 fully saturated rings. The Hall–Kier alpha value is -3.49. The molecular weight excluding hydrogens is 493 g/mol. The van der Waals surface area contributed by atoms with Gasteiger partial charge in [-0.25, -0.2) is 14.1 Å². The van der Waals surface area contributed by atoms with E-state index >= 15 is 0 Å². The largest absolute Gasteiger partial charge is 0.394 e. The van der Waals surface area contributed by atoms with Gasteiger partial charge >= 0.3 is 0 Å². The number of rotatable bonds is 11. The number of nitro groups is 1. The number of benzene rings is 1. The highest BCUT2D eigenvalue weighted by atomic mass is 32.2. The molecule has 1 amide bonds. The summed E-state index contributed by atoms with van der Waals surface area (Å²) >= 11 is 1.02. The third-order valence-corrected chi connectivity index (χ3v) is 6.77. The van der Waals surface area contributed by atoms with E-state index in [0.29, 0.717) is 10.1 Å². The lowest BCUT2D eigenvalue weighted by molar-refractivity contribution is -0.384. The van der Waals surface area contributed by atoms with Crippen molar-refractivity contribution in [2.45, 2.75) is 48.2 Å². The Bertz CT molecular complexity index is 1240. The molecule has 2 heterocycles. The number of carbonyl (C=O) groups excluding carboxylic acids is 1. The van der Waals surface area contributed by atoms with Gasteiger partial charge in [0, 0.05) is 23.2 Å². The van der Waals surface area contributed by atoms with Crippen LogP contribution in [0.1, 0.15) is 47.5 Å². The van der Waals surface area contributed by atoms with Gasteiger partial charge in [0.05, 0.1) is 36.9 Å². The summed E-state index contributed by atoms with van der Waals surface area (Å²) in [4.78, 5) is 28.2. The van der Waals surface area contributed by atoms with Crippen LogP contribution in [0, 0.1) is 15.9 Å². The first-order chi connectivity index (χ1) is 17.5. The summed E-state index contributed by atoms with van der Waals surface area (Å²) in [6, 6.07) is 5.16. The second kappa shape index (κ2) is 12.0. The van der Waals surface area contributed by atoms with Gasteiger partial charge in [0.15, 0.2) is 11.6 Å². The van der Waals surface area contributed by atoms with Gasteiger partial charge in [-0.1, -0.05) is 12.8 Å². The molecule has 1 aliphatic rings. The van der Waals surface area contributed by atoms with E-state index in [1.165, 1.54) is 22.9 Å². The predicted molar refractivity (Wildman–Crippen MR) is 126 cm³/mol. The van der Waals surface area contributed by atoms with E-state index in [9.17, 15) is 19.3 Å². The summed E-state index contributed by atoms with van der Waals surface area (Å²) < 4.78 is 21.4. The van der Waals surface area contributed by atoms with Crippen LogP contribution in [0.4, 0.5) is 15.9 Å². The number of nitrogens with zero attached hydrogens (tertiary/aromatic N) is 6. The Kier molecular flexibility index (Phi) is 8.51. The molecule has 4 rings (SSSR count). The second-order valence-corrected chi connectivity index (χ2v) is 9.10. The molecule has 3 aromatic rings. The Morgan fingerprint density at radius 3 is 2.83 bits per heavy atom. The minimum absolute atomic E-state index is 0.0543. The molecule has 0 radical (unpaired) electrons. The number of aromatic nitrogens is 5. The summed E-state index contributed by atoms with van der Waals surface area (Å²) in [7, 11) is 0. The van der Waals surface area contributed by atoms with E-state index in [4.69, 9.17) is 9.84 Å². The molecule has 1 saturated carbocycles. The monoisotopic (exact) mass is 517 g/mol. The number of non-ortho nitro benzene ring substituents is 1. The van der Waals surface area contributed by atoms with Crippen molar-refractivity contribution in [3.05, 3.63) is 57.5 Å². The number of carbonyl (C=O) groups is 1. The minimum Gasteiger partial charge on any atom is -0.394 e. The number of halogens is 1. The highest BCUT2D eigenvalue weighted by Gasteiger charge is 2.23. The highest BCUT2D eigenvalue weighted by molar-refractivity contribution is 7.99. The van der Waals surface area contributed by atoms with Crippen molar-refractivity contribution in [2.75, 3.05) is 25.1 Å². The van der Waals surface area contributed by atoms with Crippen LogP contribution in [0.15, 0.2) is 40.5 Å². The number of aliphatic hydroxyl groups excluding tert-OH is 1. The first-order valence-corrected chi connectivity index (χ1v) is 12.2. The van der Waals surface area contributed by atoms with E-state index in [1.807, 2.05) is 0 Å². The fourth-order valence-electron chi connectivity index (χ4n) is 3.93. The van der Waals surface area contributed by atoms with Crippen molar-refractivity contribution in [3.8, 4) is 0 Å². The lowest BCUT2D eigenvalue weighted by atomic mass is 9.99. The molecule has 190 valence electrons. The molecule has 1 aromatic carbocycles. The fraction of sp³-hybridized carbons (Fsp3) is 0.409. The summed E-state index contributed by atoms with van der Waals surface area (Å²) in [5.41, 5.74) is 0.442. The van der Waals surface area contributed by atoms with Crippen molar-refractivity contribution in [2.24, 2.45) is 0 Å². The summed E-state index contributed by atoms with van der Waals surface area (Å²) in [5.74, 6) is -1.42. The van der Waals surface area contributed by atoms with Crippen LogP contribution in [-0.2, 0) is 11.3 Å². The summed E-state index contributed by atoms with van der Waals surface area (Å²) in [6.07, 6.45) is 5.71. The van der Waals surface area contributed by atoms with Crippen molar-refractivity contribution in [3.63, 3.8) is 0 Å². The van der Waals surface area contributed by atoms with Crippen LogP contribution in [-0.4, -0.2) is 60.9 Å². The molecule has 14 heteroatoms. The standard InChI is InChI=1S/C22H24FN7O5S/c23-18-11-15(14-3-1-2-4-14)13-24-20(18)25-21(32)17-12-16(30(33)34)5-6-19(17)36-22-26-27-28-29(22)7-9-35-10-8-31/h5-6,11-14,31H,1-4,7-10H2,(H,24,25,32). The molecule has 0 spiro atoms. The van der Waals surface area contributed by atoms with Crippen LogP contribution in [0.25, 0.3) is 0 Å². The number of ether oxygens (including phenoxy) is 1. The van der Waals surface area contributed by atoms with Crippen LogP contribution < -0.4 is 5.32 Å². The van der Waals surface area contributed by atoms with E-state index in [2.05, 4.69) is 25.8 Å². The molecule has 0 unspecified atom stereocenters. The first kappa shape index (κ1) is 25.6. The topological polar surface area (TPSA) is 158 Å². The maximum Gasteiger partial charge on any atom is 0.270 e. The van der Waals surface area contributed by atoms with Gasteiger partial charge in [-0.15, -0.1) is 5.10 Å². The molecule has 2 N–H and O–H groups in total. The molecule has 0 bridgehead atoms. The molecule has 36 heavy (non-hydrogen) atoms. The third kappa shape index (κ3) is 6.19. The molecule has 2 aromatic heterocycles. The van der Waals surface area contributed by atoms with Gasteiger partial charge in [-0.3, -0.25) is 14.9 Å². The maximum absolute atomic E-state index is 14.8. The first-order valence-electron chi connectivity index (χ1n) is 11.3. The number of amides is 1. The molecule has 0 atom stereocenters. The average molecular weight is 518 g/mol. The van der Waals surface area contributed by atoms with Crippen LogP contribution in [0.5, 0.6) is 0 Å². The van der Waals surface area contributed by atoms with E-state index < -0.39 is 16.6 Å². The number of nitro benzene ring substituents is 1. The lowest BCUT2D eigenvalue weighted by Crippen LogP contribution is -2.16. The summed E-state index contributed by atoms with van der Waals surface area (Å²) in [6.45, 7) is 0.585. The van der Waals surface area contributed by atoms with E-state index in [-0.39, 0.29) is 49.4 Å². The molecule has 0 saturated heterocycles. The van der Waals surface area contributed by atoms with Crippen molar-refractivity contribution in [1.82, 2.24) is 25.2 Å². The van der Waals surface area contributed by atoms with Gasteiger partial charge in [0.25, 0.3) is 11.6 Å². The number of hydrogen-bond acceptors (Lipinski definition) is 10. The maximum atomic E-state index is 14.8. The number of anilines is 1. The SMILES string of the molecule is O=C(Nc1ncc(C2CCCC2)cc1F)c1cc([N+](=O)[O-])ccc1Sc1nnnn1CCOCCO. The number of aliphatic hydroxyl groups is 1. The number of hydrogen-bond donors (Lipinski definition) is 2.